The van der Waals surface area contributed by atoms with Crippen molar-refractivity contribution in [2.75, 3.05) is 0 Å². The summed E-state index contributed by atoms with van der Waals surface area (Å²) in [6.45, 7) is 1.66. The average Bonchev–Trinajstić information content (AvgIpc) is 2.61. The smallest absolute Gasteiger partial charge is 0.319 e. The van der Waals surface area contributed by atoms with Crippen molar-refractivity contribution in [1.29, 1.82) is 0 Å². The van der Waals surface area contributed by atoms with Crippen molar-refractivity contribution in [3.8, 4) is 0 Å². The van der Waals surface area contributed by atoms with E-state index in [0.29, 0.717) is 22.4 Å². The summed E-state index contributed by atoms with van der Waals surface area (Å²) in [5.74, 6) is -0.214. The molecule has 0 bridgehead atoms. The molecule has 0 aromatic heterocycles. The number of nitrogens with zero attached hydrogens (tertiary/aromatic N) is 1. The van der Waals surface area contributed by atoms with Crippen LogP contribution in [-0.2, 0) is 0 Å². The fourth-order valence-electron chi connectivity index (χ4n) is 2.78. The first kappa shape index (κ1) is 16.4. The van der Waals surface area contributed by atoms with E-state index in [1.165, 1.54) is 12.1 Å². The van der Waals surface area contributed by atoms with Gasteiger partial charge in [-0.05, 0) is 24.6 Å². The van der Waals surface area contributed by atoms with Gasteiger partial charge in [0.15, 0.2) is 5.78 Å². The molecule has 0 fully saturated rings. The zero-order valence-electron chi connectivity index (χ0n) is 13.4. The topological polar surface area (TPSA) is 101 Å². The molecule has 7 nitrogen and oxygen atoms in total. The number of Topliss-reactive ketones (excluding diaryl/α,β-unsaturated/α-hetero) is 1. The quantitative estimate of drug-likeness (QED) is 0.508. The number of hydrogen-bond acceptors (Lipinski definition) is 4. The molecule has 1 aliphatic heterocycles. The van der Waals surface area contributed by atoms with Crippen LogP contribution >= 0.6 is 0 Å². The molecule has 0 aliphatic carbocycles. The molecule has 2 aromatic rings. The minimum atomic E-state index is -0.678. The molecule has 126 valence electrons. The first-order chi connectivity index (χ1) is 12.0. The number of rotatable bonds is 4. The first-order valence-corrected chi connectivity index (χ1v) is 7.60. The van der Waals surface area contributed by atoms with Crippen LogP contribution < -0.4 is 10.6 Å². The van der Waals surface area contributed by atoms with Gasteiger partial charge < -0.3 is 10.6 Å². The minimum absolute atomic E-state index is 0.0550. The Hall–Kier alpha value is -3.48. The lowest BCUT2D eigenvalue weighted by Crippen LogP contribution is -2.45. The number of carbonyl (C=O) groups is 2. The summed E-state index contributed by atoms with van der Waals surface area (Å²) < 4.78 is 0. The van der Waals surface area contributed by atoms with E-state index in [0.717, 1.165) is 0 Å². The maximum absolute atomic E-state index is 12.9. The van der Waals surface area contributed by atoms with E-state index in [2.05, 4.69) is 10.6 Å². The van der Waals surface area contributed by atoms with E-state index < -0.39 is 17.0 Å². The maximum Gasteiger partial charge on any atom is 0.319 e. The van der Waals surface area contributed by atoms with Crippen LogP contribution in [0.4, 0.5) is 10.5 Å². The number of allylic oxidation sites excluding steroid dienone is 1. The molecule has 2 amide bonds. The Labute approximate surface area is 143 Å². The van der Waals surface area contributed by atoms with Gasteiger partial charge in [-0.1, -0.05) is 30.3 Å². The molecule has 2 aromatic carbocycles. The Morgan fingerprint density at radius 3 is 2.32 bits per heavy atom. The van der Waals surface area contributed by atoms with Crippen molar-refractivity contribution in [2.24, 2.45) is 0 Å². The first-order valence-electron chi connectivity index (χ1n) is 7.60. The number of ketones is 1. The number of non-ortho nitro benzene ring substituents is 1. The predicted molar refractivity (Wildman–Crippen MR) is 91.0 cm³/mol. The summed E-state index contributed by atoms with van der Waals surface area (Å²) >= 11 is 0. The van der Waals surface area contributed by atoms with Crippen molar-refractivity contribution < 1.29 is 14.5 Å². The fourth-order valence-corrected chi connectivity index (χ4v) is 2.78. The molecule has 1 atom stereocenters. The number of hydrogen-bond donors (Lipinski definition) is 2. The van der Waals surface area contributed by atoms with Crippen LogP contribution in [0.25, 0.3) is 0 Å². The molecule has 0 radical (unpaired) electrons. The monoisotopic (exact) mass is 337 g/mol. The zero-order chi connectivity index (χ0) is 18.0. The van der Waals surface area contributed by atoms with E-state index >= 15 is 0 Å². The highest BCUT2D eigenvalue weighted by Crippen LogP contribution is 2.30. The van der Waals surface area contributed by atoms with Gasteiger partial charge in [-0.25, -0.2) is 4.79 Å². The summed E-state index contributed by atoms with van der Waals surface area (Å²) in [5.41, 5.74) is 1.90. The highest BCUT2D eigenvalue weighted by Gasteiger charge is 2.31. The van der Waals surface area contributed by atoms with Crippen LogP contribution in [-0.4, -0.2) is 16.7 Å². The molecule has 3 rings (SSSR count). The van der Waals surface area contributed by atoms with Gasteiger partial charge in [0, 0.05) is 29.0 Å². The summed E-state index contributed by atoms with van der Waals surface area (Å²) in [6.07, 6.45) is 0. The van der Waals surface area contributed by atoms with Gasteiger partial charge in [0.1, 0.15) is 0 Å². The third kappa shape index (κ3) is 3.25. The number of urea groups is 1. The van der Waals surface area contributed by atoms with Crippen LogP contribution in [0.3, 0.4) is 0 Å². The van der Waals surface area contributed by atoms with E-state index in [1.807, 2.05) is 6.07 Å². The summed E-state index contributed by atoms with van der Waals surface area (Å²) in [6, 6.07) is 13.4. The van der Waals surface area contributed by atoms with E-state index in [-0.39, 0.29) is 11.5 Å². The lowest BCUT2D eigenvalue weighted by molar-refractivity contribution is -0.384. The lowest BCUT2D eigenvalue weighted by Gasteiger charge is -2.28. The maximum atomic E-state index is 12.9. The van der Waals surface area contributed by atoms with Crippen molar-refractivity contribution in [3.63, 3.8) is 0 Å². The number of amides is 2. The van der Waals surface area contributed by atoms with Gasteiger partial charge in [0.2, 0.25) is 0 Å². The molecule has 2 N–H and O–H groups in total. The van der Waals surface area contributed by atoms with Crippen molar-refractivity contribution in [3.05, 3.63) is 87.1 Å². The molecule has 0 saturated heterocycles. The third-order valence-corrected chi connectivity index (χ3v) is 3.99. The molecule has 0 unspecified atom stereocenters. The minimum Gasteiger partial charge on any atom is -0.327 e. The molecule has 0 saturated carbocycles. The van der Waals surface area contributed by atoms with Crippen LogP contribution in [0.15, 0.2) is 65.9 Å². The van der Waals surface area contributed by atoms with E-state index in [9.17, 15) is 19.7 Å². The Kier molecular flexibility index (Phi) is 4.30. The van der Waals surface area contributed by atoms with Crippen LogP contribution in [0.2, 0.25) is 0 Å². The second-order valence-corrected chi connectivity index (χ2v) is 5.61. The van der Waals surface area contributed by atoms with Crippen molar-refractivity contribution in [2.45, 2.75) is 13.0 Å². The van der Waals surface area contributed by atoms with E-state index in [4.69, 9.17) is 0 Å². The Bertz CT molecular complexity index is 873. The van der Waals surface area contributed by atoms with Crippen LogP contribution in [0, 0.1) is 10.1 Å². The standard InChI is InChI=1S/C18H15N3O4/c1-11-15(17(22)13-5-3-2-4-6-13)16(20-18(23)19-11)12-7-9-14(10-8-12)21(24)25/h2-10,16H,1H3,(H2,19,20,23)/t16-/m0/s1. The summed E-state index contributed by atoms with van der Waals surface area (Å²) in [4.78, 5) is 35.1. The van der Waals surface area contributed by atoms with Gasteiger partial charge in [0.05, 0.1) is 11.0 Å². The van der Waals surface area contributed by atoms with Gasteiger partial charge in [-0.3, -0.25) is 14.9 Å². The molecule has 1 aliphatic rings. The van der Waals surface area contributed by atoms with Gasteiger partial charge in [-0.15, -0.1) is 0 Å². The largest absolute Gasteiger partial charge is 0.327 e. The number of benzene rings is 2. The van der Waals surface area contributed by atoms with Gasteiger partial charge in [-0.2, -0.15) is 0 Å². The molecular formula is C18H15N3O4. The number of nitro benzene ring substituents is 1. The Balaban J connectivity index is 2.03. The second kappa shape index (κ2) is 6.56. The van der Waals surface area contributed by atoms with E-state index in [1.54, 1.807) is 43.3 Å². The molecule has 0 spiro atoms. The highest BCUT2D eigenvalue weighted by atomic mass is 16.6. The second-order valence-electron chi connectivity index (χ2n) is 5.61. The molecular weight excluding hydrogens is 322 g/mol. The zero-order valence-corrected chi connectivity index (χ0v) is 13.4. The summed E-state index contributed by atoms with van der Waals surface area (Å²) in [7, 11) is 0. The third-order valence-electron chi connectivity index (χ3n) is 3.99. The SMILES string of the molecule is CC1=C(C(=O)c2ccccc2)[C@H](c2ccc([N+](=O)[O-])cc2)NC(=O)N1. The lowest BCUT2D eigenvalue weighted by atomic mass is 9.89. The van der Waals surface area contributed by atoms with Crippen molar-refractivity contribution >= 4 is 17.5 Å². The van der Waals surface area contributed by atoms with Crippen molar-refractivity contribution in [1.82, 2.24) is 10.6 Å². The van der Waals surface area contributed by atoms with Gasteiger partial charge >= 0.3 is 6.03 Å². The predicted octanol–water partition coefficient (Wildman–Crippen LogP) is 3.11. The van der Waals surface area contributed by atoms with Gasteiger partial charge in [0.25, 0.3) is 5.69 Å². The fraction of sp³-hybridized carbons (Fsp3) is 0.111. The molecule has 25 heavy (non-hydrogen) atoms. The molecule has 7 heteroatoms. The van der Waals surface area contributed by atoms with Crippen LogP contribution in [0.5, 0.6) is 0 Å². The summed E-state index contributed by atoms with van der Waals surface area (Å²) in [5, 5.41) is 16.1. The number of nitro groups is 1. The Morgan fingerprint density at radius 1 is 1.08 bits per heavy atom. The number of carbonyl (C=O) groups excluding carboxylic acids is 2. The average molecular weight is 337 g/mol. The van der Waals surface area contributed by atoms with Crippen LogP contribution in [0.1, 0.15) is 28.9 Å². The Morgan fingerprint density at radius 2 is 1.72 bits per heavy atom. The molecule has 1 heterocycles. The number of nitrogens with one attached hydrogen (secondary N) is 2. The normalized spacial score (nSPS) is 16.8. The highest BCUT2D eigenvalue weighted by molar-refractivity contribution is 6.11.